The number of halogens is 2. The standard InChI is InChI=1S/C20H30F2N4O/c1-20(2)17(12-9-10-27-18(12)20)25-19(23-3)24-11-15(26(4)5)16-13(21)7-6-8-14(16)22/h6-8,12,15,17-18H,9-11H2,1-5H3,(H2,23,24,25). The van der Waals surface area contributed by atoms with Crippen LogP contribution in [0.1, 0.15) is 31.9 Å². The van der Waals surface area contributed by atoms with Crippen LogP contribution in [-0.4, -0.2) is 57.3 Å². The van der Waals surface area contributed by atoms with Gasteiger partial charge in [-0.1, -0.05) is 19.9 Å². The molecule has 2 N–H and O–H groups in total. The number of nitrogens with zero attached hydrogens (tertiary/aromatic N) is 2. The average Bonchev–Trinajstić information content (AvgIpc) is 3.06. The van der Waals surface area contributed by atoms with E-state index in [-0.39, 0.29) is 23.1 Å². The van der Waals surface area contributed by atoms with Crippen molar-refractivity contribution in [3.8, 4) is 0 Å². The molecule has 4 unspecified atom stereocenters. The summed E-state index contributed by atoms with van der Waals surface area (Å²) in [4.78, 5) is 6.11. The van der Waals surface area contributed by atoms with Crippen molar-refractivity contribution in [2.24, 2.45) is 16.3 Å². The van der Waals surface area contributed by atoms with Crippen molar-refractivity contribution < 1.29 is 13.5 Å². The van der Waals surface area contributed by atoms with E-state index in [0.717, 1.165) is 13.0 Å². The second-order valence-corrected chi connectivity index (χ2v) is 8.26. The van der Waals surface area contributed by atoms with E-state index in [1.54, 1.807) is 11.9 Å². The maximum absolute atomic E-state index is 14.2. The molecule has 1 saturated carbocycles. The van der Waals surface area contributed by atoms with Gasteiger partial charge in [0.15, 0.2) is 5.96 Å². The highest BCUT2D eigenvalue weighted by atomic mass is 19.1. The first kappa shape index (κ1) is 20.0. The molecule has 1 aromatic carbocycles. The Balaban J connectivity index is 1.68. The zero-order valence-electron chi connectivity index (χ0n) is 16.7. The number of fused-ring (bicyclic) bond motifs is 1. The molecular formula is C20H30F2N4O. The zero-order chi connectivity index (χ0) is 19.8. The minimum Gasteiger partial charge on any atom is -0.377 e. The summed E-state index contributed by atoms with van der Waals surface area (Å²) in [5, 5.41) is 6.74. The van der Waals surface area contributed by atoms with Gasteiger partial charge in [-0.05, 0) is 32.6 Å². The van der Waals surface area contributed by atoms with Crippen LogP contribution in [0, 0.1) is 23.0 Å². The lowest BCUT2D eigenvalue weighted by Crippen LogP contribution is -2.68. The van der Waals surface area contributed by atoms with Crippen molar-refractivity contribution in [2.75, 3.05) is 34.3 Å². The van der Waals surface area contributed by atoms with Gasteiger partial charge in [0.05, 0.1) is 12.1 Å². The monoisotopic (exact) mass is 380 g/mol. The lowest BCUT2D eigenvalue weighted by Gasteiger charge is -2.55. The van der Waals surface area contributed by atoms with Gasteiger partial charge in [0.1, 0.15) is 11.6 Å². The molecule has 0 amide bonds. The van der Waals surface area contributed by atoms with Gasteiger partial charge in [-0.15, -0.1) is 0 Å². The van der Waals surface area contributed by atoms with Crippen LogP contribution in [0.15, 0.2) is 23.2 Å². The summed E-state index contributed by atoms with van der Waals surface area (Å²) >= 11 is 0. The van der Waals surface area contributed by atoms with E-state index in [2.05, 4.69) is 29.5 Å². The largest absolute Gasteiger partial charge is 0.377 e. The van der Waals surface area contributed by atoms with Crippen LogP contribution in [0.2, 0.25) is 0 Å². The lowest BCUT2D eigenvalue weighted by molar-refractivity contribution is -0.106. The number of ether oxygens (including phenoxy) is 1. The number of rotatable bonds is 5. The minimum atomic E-state index is -0.537. The van der Waals surface area contributed by atoms with Gasteiger partial charge < -0.3 is 20.3 Å². The number of aliphatic imine (C=N–C) groups is 1. The first-order valence-corrected chi connectivity index (χ1v) is 9.46. The van der Waals surface area contributed by atoms with Gasteiger partial charge in [-0.25, -0.2) is 8.78 Å². The van der Waals surface area contributed by atoms with Gasteiger partial charge in [-0.2, -0.15) is 0 Å². The van der Waals surface area contributed by atoms with Crippen molar-refractivity contribution in [3.63, 3.8) is 0 Å². The fourth-order valence-corrected chi connectivity index (χ4v) is 4.52. The molecule has 3 rings (SSSR count). The van der Waals surface area contributed by atoms with Crippen LogP contribution >= 0.6 is 0 Å². The van der Waals surface area contributed by atoms with Crippen LogP contribution in [0.3, 0.4) is 0 Å². The van der Waals surface area contributed by atoms with E-state index in [4.69, 9.17) is 4.74 Å². The molecule has 5 nitrogen and oxygen atoms in total. The number of likely N-dealkylation sites (N-methyl/N-ethyl adjacent to an activating group) is 1. The Morgan fingerprint density at radius 1 is 1.33 bits per heavy atom. The summed E-state index contributed by atoms with van der Waals surface area (Å²) in [6.45, 7) is 5.53. The van der Waals surface area contributed by atoms with Crippen LogP contribution in [0.25, 0.3) is 0 Å². The summed E-state index contributed by atoms with van der Waals surface area (Å²) < 4.78 is 34.3. The SMILES string of the molecule is CN=C(NCC(c1c(F)cccc1F)N(C)C)NC1C2CCOC2C1(C)C. The smallest absolute Gasteiger partial charge is 0.191 e. The topological polar surface area (TPSA) is 48.9 Å². The van der Waals surface area contributed by atoms with E-state index in [9.17, 15) is 8.78 Å². The second kappa shape index (κ2) is 7.72. The Kier molecular flexibility index (Phi) is 5.72. The summed E-state index contributed by atoms with van der Waals surface area (Å²) in [6.07, 6.45) is 1.33. The molecule has 0 bridgehead atoms. The predicted octanol–water partition coefficient (Wildman–Crippen LogP) is 2.55. The first-order valence-electron chi connectivity index (χ1n) is 9.46. The maximum atomic E-state index is 14.2. The molecular weight excluding hydrogens is 350 g/mol. The van der Waals surface area contributed by atoms with E-state index in [0.29, 0.717) is 18.4 Å². The third-order valence-corrected chi connectivity index (χ3v) is 6.04. The zero-order valence-corrected chi connectivity index (χ0v) is 16.7. The van der Waals surface area contributed by atoms with Gasteiger partial charge in [0.2, 0.25) is 0 Å². The summed E-state index contributed by atoms with van der Waals surface area (Å²) in [7, 11) is 5.33. The normalized spacial score (nSPS) is 27.9. The number of nitrogens with one attached hydrogen (secondary N) is 2. The summed E-state index contributed by atoms with van der Waals surface area (Å²) in [6, 6.07) is 3.77. The van der Waals surface area contributed by atoms with E-state index in [1.807, 2.05) is 14.1 Å². The van der Waals surface area contributed by atoms with Crippen molar-refractivity contribution in [1.29, 1.82) is 0 Å². The Bertz CT molecular complexity index is 687. The van der Waals surface area contributed by atoms with Crippen molar-refractivity contribution in [1.82, 2.24) is 15.5 Å². The fourth-order valence-electron chi connectivity index (χ4n) is 4.52. The molecule has 150 valence electrons. The second-order valence-electron chi connectivity index (χ2n) is 8.26. The van der Waals surface area contributed by atoms with Crippen LogP contribution in [0.5, 0.6) is 0 Å². The summed E-state index contributed by atoms with van der Waals surface area (Å²) in [5.41, 5.74) is 0.0934. The van der Waals surface area contributed by atoms with Crippen LogP contribution in [0.4, 0.5) is 8.78 Å². The number of guanidine groups is 1. The molecule has 1 aromatic rings. The third-order valence-electron chi connectivity index (χ3n) is 6.04. The molecule has 1 saturated heterocycles. The molecule has 2 aliphatic rings. The highest BCUT2D eigenvalue weighted by Crippen LogP contribution is 2.52. The van der Waals surface area contributed by atoms with Crippen molar-refractivity contribution >= 4 is 5.96 Å². The van der Waals surface area contributed by atoms with E-state index >= 15 is 0 Å². The molecule has 7 heteroatoms. The van der Waals surface area contributed by atoms with Crippen LogP contribution in [-0.2, 0) is 4.74 Å². The molecule has 4 atom stereocenters. The van der Waals surface area contributed by atoms with E-state index in [1.165, 1.54) is 18.2 Å². The third kappa shape index (κ3) is 3.67. The molecule has 1 aliphatic heterocycles. The van der Waals surface area contributed by atoms with Crippen molar-refractivity contribution in [2.45, 2.75) is 38.5 Å². The van der Waals surface area contributed by atoms with Gasteiger partial charge in [-0.3, -0.25) is 4.99 Å². The van der Waals surface area contributed by atoms with Crippen LogP contribution < -0.4 is 10.6 Å². The van der Waals surface area contributed by atoms with Gasteiger partial charge in [0.25, 0.3) is 0 Å². The van der Waals surface area contributed by atoms with E-state index < -0.39 is 17.7 Å². The fraction of sp³-hybridized carbons (Fsp3) is 0.650. The summed E-state index contributed by atoms with van der Waals surface area (Å²) in [5.74, 6) is 0.0447. The molecule has 0 spiro atoms. The highest BCUT2D eigenvalue weighted by Gasteiger charge is 2.59. The molecule has 27 heavy (non-hydrogen) atoms. The predicted molar refractivity (Wildman–Crippen MR) is 103 cm³/mol. The number of benzene rings is 1. The number of hydrogen-bond acceptors (Lipinski definition) is 3. The molecule has 1 heterocycles. The molecule has 2 fully saturated rings. The Morgan fingerprint density at radius 2 is 2.00 bits per heavy atom. The Labute approximate surface area is 160 Å². The quantitative estimate of drug-likeness (QED) is 0.609. The Hall–Kier alpha value is -1.73. The first-order chi connectivity index (χ1) is 12.8. The molecule has 0 radical (unpaired) electrons. The average molecular weight is 380 g/mol. The lowest BCUT2D eigenvalue weighted by atomic mass is 9.57. The van der Waals surface area contributed by atoms with Gasteiger partial charge >= 0.3 is 0 Å². The Morgan fingerprint density at radius 3 is 2.59 bits per heavy atom. The highest BCUT2D eigenvalue weighted by molar-refractivity contribution is 5.80. The minimum absolute atomic E-state index is 0.0252. The van der Waals surface area contributed by atoms with Crippen molar-refractivity contribution in [3.05, 3.63) is 35.4 Å². The number of hydrogen-bond donors (Lipinski definition) is 2. The van der Waals surface area contributed by atoms with Gasteiger partial charge in [0, 0.05) is 43.1 Å². The maximum Gasteiger partial charge on any atom is 0.191 e. The molecule has 1 aliphatic carbocycles. The molecule has 0 aromatic heterocycles.